The van der Waals surface area contributed by atoms with Gasteiger partial charge in [-0.3, -0.25) is 4.79 Å². The zero-order chi connectivity index (χ0) is 15.0. The van der Waals surface area contributed by atoms with Crippen molar-refractivity contribution in [2.45, 2.75) is 39.5 Å². The Labute approximate surface area is 120 Å². The van der Waals surface area contributed by atoms with Gasteiger partial charge in [-0.05, 0) is 42.9 Å². The minimum Gasteiger partial charge on any atom is -0.504 e. The Morgan fingerprint density at radius 1 is 1.35 bits per heavy atom. The van der Waals surface area contributed by atoms with E-state index in [0.29, 0.717) is 24.7 Å². The molecule has 1 aromatic rings. The molecule has 0 amide bonds. The number of methoxy groups -OCH3 is 1. The van der Waals surface area contributed by atoms with Crippen molar-refractivity contribution in [2.75, 3.05) is 13.7 Å². The molecule has 0 heterocycles. The summed E-state index contributed by atoms with van der Waals surface area (Å²) in [6.07, 6.45) is 2.91. The van der Waals surface area contributed by atoms with Crippen LogP contribution in [0.2, 0.25) is 0 Å². The highest BCUT2D eigenvalue weighted by molar-refractivity contribution is 5.69. The first-order valence-corrected chi connectivity index (χ1v) is 7.04. The lowest BCUT2D eigenvalue weighted by Gasteiger charge is -2.08. The monoisotopic (exact) mass is 280 g/mol. The van der Waals surface area contributed by atoms with Gasteiger partial charge in [0, 0.05) is 6.42 Å². The molecule has 0 aromatic heterocycles. The van der Waals surface area contributed by atoms with Crippen LogP contribution in [0.3, 0.4) is 0 Å². The maximum absolute atomic E-state index is 11.4. The molecule has 0 unspecified atom stereocenters. The van der Waals surface area contributed by atoms with Crippen molar-refractivity contribution in [3.63, 3.8) is 0 Å². The number of hydrogen-bond donors (Lipinski definition) is 1. The van der Waals surface area contributed by atoms with Crippen molar-refractivity contribution in [2.24, 2.45) is 5.92 Å². The van der Waals surface area contributed by atoms with E-state index in [1.165, 1.54) is 7.11 Å². The van der Waals surface area contributed by atoms with E-state index in [1.54, 1.807) is 12.1 Å². The summed E-state index contributed by atoms with van der Waals surface area (Å²) < 4.78 is 10.2. The molecule has 4 nitrogen and oxygen atoms in total. The van der Waals surface area contributed by atoms with E-state index in [1.807, 2.05) is 6.07 Å². The zero-order valence-corrected chi connectivity index (χ0v) is 12.5. The lowest BCUT2D eigenvalue weighted by Crippen LogP contribution is -2.07. The molecule has 0 atom stereocenters. The number of phenols is 1. The average Bonchev–Trinajstić information content (AvgIpc) is 2.43. The van der Waals surface area contributed by atoms with Crippen LogP contribution < -0.4 is 4.74 Å². The molecule has 0 spiro atoms. The number of rotatable bonds is 8. The van der Waals surface area contributed by atoms with Crippen LogP contribution in [-0.4, -0.2) is 24.8 Å². The number of carbonyl (C=O) groups is 1. The average molecular weight is 280 g/mol. The first-order chi connectivity index (χ1) is 9.52. The topological polar surface area (TPSA) is 55.8 Å². The zero-order valence-electron chi connectivity index (χ0n) is 12.5. The smallest absolute Gasteiger partial charge is 0.305 e. The summed E-state index contributed by atoms with van der Waals surface area (Å²) in [5.74, 6) is 1.00. The number of esters is 1. The number of aromatic hydroxyl groups is 1. The predicted molar refractivity (Wildman–Crippen MR) is 78.0 cm³/mol. The second-order valence-corrected chi connectivity index (χ2v) is 5.26. The molecule has 0 radical (unpaired) electrons. The van der Waals surface area contributed by atoms with Gasteiger partial charge in [-0.2, -0.15) is 0 Å². The van der Waals surface area contributed by atoms with Gasteiger partial charge in [0.2, 0.25) is 0 Å². The van der Waals surface area contributed by atoms with Gasteiger partial charge in [0.05, 0.1) is 13.7 Å². The molecule has 20 heavy (non-hydrogen) atoms. The van der Waals surface area contributed by atoms with E-state index in [4.69, 9.17) is 9.47 Å². The van der Waals surface area contributed by atoms with Gasteiger partial charge >= 0.3 is 5.97 Å². The second-order valence-electron chi connectivity index (χ2n) is 5.26. The Kier molecular flexibility index (Phi) is 6.91. The third-order valence-electron chi connectivity index (χ3n) is 3.04. The summed E-state index contributed by atoms with van der Waals surface area (Å²) in [5, 5.41) is 9.49. The van der Waals surface area contributed by atoms with E-state index in [2.05, 4.69) is 13.8 Å². The molecule has 0 bridgehead atoms. The van der Waals surface area contributed by atoms with Crippen molar-refractivity contribution in [3.05, 3.63) is 23.8 Å². The number of carbonyl (C=O) groups excluding carboxylic acids is 1. The molecule has 1 rings (SSSR count). The summed E-state index contributed by atoms with van der Waals surface area (Å²) in [4.78, 5) is 11.4. The largest absolute Gasteiger partial charge is 0.504 e. The van der Waals surface area contributed by atoms with Crippen molar-refractivity contribution in [3.8, 4) is 11.5 Å². The predicted octanol–water partition coefficient (Wildman–Crippen LogP) is 3.31. The molecule has 1 aromatic carbocycles. The van der Waals surface area contributed by atoms with Crippen LogP contribution in [-0.2, 0) is 16.0 Å². The van der Waals surface area contributed by atoms with Gasteiger partial charge in [-0.1, -0.05) is 19.9 Å². The van der Waals surface area contributed by atoms with E-state index < -0.39 is 0 Å². The third-order valence-corrected chi connectivity index (χ3v) is 3.04. The molecule has 0 saturated carbocycles. The van der Waals surface area contributed by atoms with Crippen LogP contribution in [0.1, 0.15) is 38.7 Å². The third kappa shape index (κ3) is 5.95. The lowest BCUT2D eigenvalue weighted by molar-refractivity contribution is -0.144. The van der Waals surface area contributed by atoms with Crippen molar-refractivity contribution < 1.29 is 19.4 Å². The molecule has 0 aliphatic heterocycles. The van der Waals surface area contributed by atoms with Crippen LogP contribution in [0.4, 0.5) is 0 Å². The van der Waals surface area contributed by atoms with Crippen LogP contribution in [0, 0.1) is 5.92 Å². The molecule has 0 aliphatic carbocycles. The molecule has 0 fully saturated rings. The number of hydrogen-bond acceptors (Lipinski definition) is 4. The van der Waals surface area contributed by atoms with Gasteiger partial charge in [0.1, 0.15) is 0 Å². The maximum Gasteiger partial charge on any atom is 0.305 e. The Bertz CT molecular complexity index is 426. The van der Waals surface area contributed by atoms with Gasteiger partial charge in [0.15, 0.2) is 11.5 Å². The molecular weight excluding hydrogens is 256 g/mol. The van der Waals surface area contributed by atoms with Crippen LogP contribution in [0.5, 0.6) is 11.5 Å². The van der Waals surface area contributed by atoms with Crippen LogP contribution in [0.25, 0.3) is 0 Å². The van der Waals surface area contributed by atoms with E-state index in [9.17, 15) is 9.90 Å². The Balaban J connectivity index is 2.26. The Hall–Kier alpha value is -1.71. The maximum atomic E-state index is 11.4. The van der Waals surface area contributed by atoms with Gasteiger partial charge in [-0.25, -0.2) is 0 Å². The Morgan fingerprint density at radius 2 is 2.10 bits per heavy atom. The van der Waals surface area contributed by atoms with Crippen LogP contribution >= 0.6 is 0 Å². The van der Waals surface area contributed by atoms with E-state index in [-0.39, 0.29) is 11.7 Å². The fraction of sp³-hybridized carbons (Fsp3) is 0.562. The minimum atomic E-state index is -0.123. The highest BCUT2D eigenvalue weighted by Crippen LogP contribution is 2.26. The van der Waals surface area contributed by atoms with Crippen molar-refractivity contribution in [1.29, 1.82) is 0 Å². The first-order valence-electron chi connectivity index (χ1n) is 7.04. The molecule has 112 valence electrons. The second kappa shape index (κ2) is 8.46. The first kappa shape index (κ1) is 16.3. The minimum absolute atomic E-state index is 0.123. The van der Waals surface area contributed by atoms with Gasteiger partial charge in [-0.15, -0.1) is 0 Å². The normalized spacial score (nSPS) is 10.6. The summed E-state index contributed by atoms with van der Waals surface area (Å²) >= 11 is 0. The summed E-state index contributed by atoms with van der Waals surface area (Å²) in [5.41, 5.74) is 1.05. The highest BCUT2D eigenvalue weighted by Gasteiger charge is 2.05. The Morgan fingerprint density at radius 3 is 2.75 bits per heavy atom. The number of phenolic OH excluding ortho intramolecular Hbond substituents is 1. The van der Waals surface area contributed by atoms with Crippen molar-refractivity contribution >= 4 is 5.97 Å². The van der Waals surface area contributed by atoms with E-state index in [0.717, 1.165) is 24.8 Å². The quantitative estimate of drug-likeness (QED) is 0.586. The number of aryl methyl sites for hydroxylation is 1. The van der Waals surface area contributed by atoms with Crippen LogP contribution in [0.15, 0.2) is 18.2 Å². The molecule has 1 N–H and O–H groups in total. The SMILES string of the molecule is COc1cc(CCCOC(=O)CCC(C)C)ccc1O. The lowest BCUT2D eigenvalue weighted by atomic mass is 10.1. The van der Waals surface area contributed by atoms with E-state index >= 15 is 0 Å². The number of ether oxygens (including phenoxy) is 2. The summed E-state index contributed by atoms with van der Waals surface area (Å²) in [6, 6.07) is 5.26. The van der Waals surface area contributed by atoms with Crippen molar-refractivity contribution in [1.82, 2.24) is 0 Å². The fourth-order valence-corrected chi connectivity index (χ4v) is 1.82. The molecular formula is C16H24O4. The van der Waals surface area contributed by atoms with Gasteiger partial charge < -0.3 is 14.6 Å². The highest BCUT2D eigenvalue weighted by atomic mass is 16.5. The number of benzene rings is 1. The summed E-state index contributed by atoms with van der Waals surface area (Å²) in [6.45, 7) is 4.61. The van der Waals surface area contributed by atoms with Gasteiger partial charge in [0.25, 0.3) is 0 Å². The molecule has 4 heteroatoms. The standard InChI is InChI=1S/C16H24O4/c1-12(2)6-9-16(18)20-10-4-5-13-7-8-14(17)15(11-13)19-3/h7-8,11-12,17H,4-6,9-10H2,1-3H3. The molecule has 0 saturated heterocycles. The fourth-order valence-electron chi connectivity index (χ4n) is 1.82. The summed E-state index contributed by atoms with van der Waals surface area (Å²) in [7, 11) is 1.52. The molecule has 0 aliphatic rings.